The molecule has 2 fully saturated rings. The third kappa shape index (κ3) is 4.13. The summed E-state index contributed by atoms with van der Waals surface area (Å²) >= 11 is 0. The number of rotatable bonds is 5. The normalized spacial score (nSPS) is 22.1. The molecule has 2 atom stereocenters. The van der Waals surface area contributed by atoms with Gasteiger partial charge in [0.2, 0.25) is 5.91 Å². The van der Waals surface area contributed by atoms with Crippen LogP contribution >= 0.6 is 0 Å². The number of ether oxygens (including phenoxy) is 1. The van der Waals surface area contributed by atoms with Crippen LogP contribution in [0.1, 0.15) is 43.0 Å². The molecule has 9 heteroatoms. The van der Waals surface area contributed by atoms with E-state index in [0.717, 1.165) is 24.2 Å². The topological polar surface area (TPSA) is 113 Å². The van der Waals surface area contributed by atoms with Gasteiger partial charge in [0.1, 0.15) is 6.54 Å². The number of methoxy groups -OCH3 is 1. The van der Waals surface area contributed by atoms with Crippen molar-refractivity contribution in [2.24, 2.45) is 5.92 Å². The Hall–Kier alpha value is -3.23. The highest BCUT2D eigenvalue weighted by Crippen LogP contribution is 2.31. The Bertz CT molecular complexity index is 850. The van der Waals surface area contributed by atoms with Crippen LogP contribution in [0.3, 0.4) is 0 Å². The molecule has 154 valence electrons. The molecule has 3 rings (SSSR count). The van der Waals surface area contributed by atoms with E-state index >= 15 is 0 Å². The van der Waals surface area contributed by atoms with E-state index in [1.54, 1.807) is 0 Å². The minimum Gasteiger partial charge on any atom is -0.465 e. The molecule has 0 aromatic heterocycles. The molecule has 0 bridgehead atoms. The van der Waals surface area contributed by atoms with Crippen molar-refractivity contribution in [3.05, 3.63) is 29.8 Å². The molecule has 9 nitrogen and oxygen atoms in total. The number of benzene rings is 1. The molecular weight excluding hydrogens is 378 g/mol. The maximum absolute atomic E-state index is 12.7. The molecule has 29 heavy (non-hydrogen) atoms. The average Bonchev–Trinajstić information content (AvgIpc) is 2.92. The molecular formula is C20H23N3O6. The lowest BCUT2D eigenvalue weighted by Crippen LogP contribution is -2.46. The number of amides is 5. The van der Waals surface area contributed by atoms with Crippen molar-refractivity contribution in [3.8, 4) is 0 Å². The van der Waals surface area contributed by atoms with Gasteiger partial charge >= 0.3 is 23.8 Å². The van der Waals surface area contributed by atoms with Gasteiger partial charge in [-0.3, -0.25) is 19.3 Å². The lowest BCUT2D eigenvalue weighted by molar-refractivity contribution is -0.145. The number of hydrogen-bond donors (Lipinski definition) is 1. The SMILES string of the molecule is COC(=O)c1ccc(NC(=O)CN2C(=O)C(=O)N([C@@H]3CCCC[C@@H]3C)C2=O)cc1. The number of anilines is 1. The third-order valence-corrected chi connectivity index (χ3v) is 5.37. The maximum atomic E-state index is 12.7. The van der Waals surface area contributed by atoms with Crippen molar-refractivity contribution in [1.82, 2.24) is 9.80 Å². The fourth-order valence-electron chi connectivity index (χ4n) is 3.79. The number of urea groups is 1. The Labute approximate surface area is 168 Å². The van der Waals surface area contributed by atoms with Crippen molar-refractivity contribution in [3.63, 3.8) is 0 Å². The highest BCUT2D eigenvalue weighted by molar-refractivity contribution is 6.45. The fraction of sp³-hybridized carbons (Fsp3) is 0.450. The zero-order valence-electron chi connectivity index (χ0n) is 16.3. The number of carbonyl (C=O) groups excluding carboxylic acids is 5. The number of hydrogen-bond acceptors (Lipinski definition) is 6. The second kappa shape index (κ2) is 8.42. The second-order valence-corrected chi connectivity index (χ2v) is 7.30. The van der Waals surface area contributed by atoms with Crippen LogP contribution in [-0.2, 0) is 19.1 Å². The Morgan fingerprint density at radius 1 is 1.07 bits per heavy atom. The molecule has 1 heterocycles. The Morgan fingerprint density at radius 3 is 2.34 bits per heavy atom. The van der Waals surface area contributed by atoms with Gasteiger partial charge in [-0.15, -0.1) is 0 Å². The summed E-state index contributed by atoms with van der Waals surface area (Å²) in [6, 6.07) is 4.89. The number of nitrogens with zero attached hydrogens (tertiary/aromatic N) is 2. The van der Waals surface area contributed by atoms with E-state index in [1.807, 2.05) is 6.92 Å². The number of nitrogens with one attached hydrogen (secondary N) is 1. The second-order valence-electron chi connectivity index (χ2n) is 7.30. The van der Waals surface area contributed by atoms with Gasteiger partial charge in [-0.25, -0.2) is 14.5 Å². The summed E-state index contributed by atoms with van der Waals surface area (Å²) in [7, 11) is 1.26. The summed E-state index contributed by atoms with van der Waals surface area (Å²) < 4.78 is 4.60. The van der Waals surface area contributed by atoms with Gasteiger partial charge < -0.3 is 10.1 Å². The molecule has 1 saturated carbocycles. The molecule has 1 saturated heterocycles. The first-order chi connectivity index (χ1) is 13.8. The quantitative estimate of drug-likeness (QED) is 0.457. The van der Waals surface area contributed by atoms with Gasteiger partial charge in [0.25, 0.3) is 0 Å². The van der Waals surface area contributed by atoms with Crippen LogP contribution in [0.15, 0.2) is 24.3 Å². The largest absolute Gasteiger partial charge is 0.465 e. The standard InChI is InChI=1S/C20H23N3O6/c1-12-5-3-4-6-15(12)23-18(26)17(25)22(20(23)28)11-16(24)21-14-9-7-13(8-10-14)19(27)29-2/h7-10,12,15H,3-6,11H2,1-2H3,(H,21,24)/t12-,15+/m0/s1. The summed E-state index contributed by atoms with van der Waals surface area (Å²) in [5.74, 6) is -2.87. The molecule has 5 amide bonds. The van der Waals surface area contributed by atoms with Crippen molar-refractivity contribution in [1.29, 1.82) is 0 Å². The average molecular weight is 401 g/mol. The lowest BCUT2D eigenvalue weighted by Gasteiger charge is -2.34. The van der Waals surface area contributed by atoms with Gasteiger partial charge in [-0.1, -0.05) is 19.8 Å². The number of esters is 1. The third-order valence-electron chi connectivity index (χ3n) is 5.37. The van der Waals surface area contributed by atoms with E-state index in [1.165, 1.54) is 31.4 Å². The van der Waals surface area contributed by atoms with Crippen molar-refractivity contribution >= 4 is 35.4 Å². The van der Waals surface area contributed by atoms with E-state index in [-0.39, 0.29) is 12.0 Å². The Balaban J connectivity index is 1.65. The summed E-state index contributed by atoms with van der Waals surface area (Å²) in [6.45, 7) is 1.40. The van der Waals surface area contributed by atoms with Crippen molar-refractivity contribution < 1.29 is 28.7 Å². The predicted molar refractivity (Wildman–Crippen MR) is 102 cm³/mol. The first kappa shape index (κ1) is 20.5. The van der Waals surface area contributed by atoms with E-state index in [4.69, 9.17) is 0 Å². The molecule has 1 aliphatic heterocycles. The smallest absolute Gasteiger partial charge is 0.337 e. The van der Waals surface area contributed by atoms with Crippen molar-refractivity contribution in [2.45, 2.75) is 38.6 Å². The van der Waals surface area contributed by atoms with Gasteiger partial charge in [-0.2, -0.15) is 0 Å². The van der Waals surface area contributed by atoms with E-state index < -0.39 is 36.3 Å². The Kier molecular flexibility index (Phi) is 5.95. The summed E-state index contributed by atoms with van der Waals surface area (Å²) in [5, 5.41) is 2.55. The van der Waals surface area contributed by atoms with Crippen LogP contribution in [-0.4, -0.2) is 59.2 Å². The van der Waals surface area contributed by atoms with E-state index in [9.17, 15) is 24.0 Å². The predicted octanol–water partition coefficient (Wildman–Crippen LogP) is 1.78. The van der Waals surface area contributed by atoms with Crippen LogP contribution in [0, 0.1) is 5.92 Å². The summed E-state index contributed by atoms with van der Waals surface area (Å²) in [6.07, 6.45) is 3.47. The van der Waals surface area contributed by atoms with Gasteiger partial charge in [0.05, 0.1) is 12.7 Å². The summed E-state index contributed by atoms with van der Waals surface area (Å²) in [4.78, 5) is 62.8. The van der Waals surface area contributed by atoms with Crippen LogP contribution < -0.4 is 5.32 Å². The van der Waals surface area contributed by atoms with E-state index in [0.29, 0.717) is 22.6 Å². The molecule has 1 N–H and O–H groups in total. The number of imide groups is 2. The minimum atomic E-state index is -0.982. The van der Waals surface area contributed by atoms with Gasteiger partial charge in [0.15, 0.2) is 0 Å². The molecule has 1 aliphatic carbocycles. The highest BCUT2D eigenvalue weighted by atomic mass is 16.5. The first-order valence-electron chi connectivity index (χ1n) is 9.50. The summed E-state index contributed by atoms with van der Waals surface area (Å²) in [5.41, 5.74) is 0.698. The zero-order chi connectivity index (χ0) is 21.1. The Morgan fingerprint density at radius 2 is 1.72 bits per heavy atom. The molecule has 0 spiro atoms. The van der Waals surface area contributed by atoms with Gasteiger partial charge in [-0.05, 0) is 43.0 Å². The van der Waals surface area contributed by atoms with Crippen LogP contribution in [0.4, 0.5) is 10.5 Å². The van der Waals surface area contributed by atoms with Crippen LogP contribution in [0.5, 0.6) is 0 Å². The van der Waals surface area contributed by atoms with Crippen LogP contribution in [0.2, 0.25) is 0 Å². The molecule has 1 aromatic carbocycles. The first-order valence-corrected chi connectivity index (χ1v) is 9.50. The highest BCUT2D eigenvalue weighted by Gasteiger charge is 2.49. The molecule has 1 aromatic rings. The van der Waals surface area contributed by atoms with E-state index in [2.05, 4.69) is 10.1 Å². The minimum absolute atomic E-state index is 0.117. The molecule has 0 radical (unpaired) electrons. The molecule has 2 aliphatic rings. The number of carbonyl (C=O) groups is 5. The zero-order valence-corrected chi connectivity index (χ0v) is 16.3. The maximum Gasteiger partial charge on any atom is 0.337 e. The monoisotopic (exact) mass is 401 g/mol. The van der Waals surface area contributed by atoms with Gasteiger partial charge in [0, 0.05) is 11.7 Å². The molecule has 0 unspecified atom stereocenters. The van der Waals surface area contributed by atoms with Crippen molar-refractivity contribution in [2.75, 3.05) is 19.0 Å². The fourth-order valence-corrected chi connectivity index (χ4v) is 3.79. The van der Waals surface area contributed by atoms with Crippen LogP contribution in [0.25, 0.3) is 0 Å². The lowest BCUT2D eigenvalue weighted by atomic mass is 9.85.